The highest BCUT2D eigenvalue weighted by molar-refractivity contribution is 5.77. The number of rotatable bonds is 7. The van der Waals surface area contributed by atoms with Gasteiger partial charge in [0.05, 0.1) is 21.1 Å². The predicted octanol–water partition coefficient (Wildman–Crippen LogP) is 1.18. The van der Waals surface area contributed by atoms with E-state index in [-0.39, 0.29) is 6.42 Å². The van der Waals surface area contributed by atoms with Gasteiger partial charge in [0, 0.05) is 19.3 Å². The number of carbonyl (C=O) groups is 2. The highest BCUT2D eigenvalue weighted by Crippen LogP contribution is 2.29. The van der Waals surface area contributed by atoms with E-state index >= 15 is 0 Å². The van der Waals surface area contributed by atoms with Crippen molar-refractivity contribution in [2.75, 3.05) is 21.1 Å². The molecule has 0 saturated carbocycles. The molecule has 0 aliphatic rings. The van der Waals surface area contributed by atoms with Crippen LogP contribution in [0.1, 0.15) is 32.6 Å². The SMILES string of the molecule is CCC(CCCC(=O)O)(C(=O)O)[N+](C)(C)C. The summed E-state index contributed by atoms with van der Waals surface area (Å²) < 4.78 is 0.304. The molecule has 0 amide bonds. The molecule has 0 aliphatic carbocycles. The van der Waals surface area contributed by atoms with Crippen LogP contribution in [-0.4, -0.2) is 53.3 Å². The number of quaternary nitrogens is 1. The average molecular weight is 232 g/mol. The van der Waals surface area contributed by atoms with Gasteiger partial charge in [-0.25, -0.2) is 4.79 Å². The lowest BCUT2D eigenvalue weighted by molar-refractivity contribution is -0.914. The van der Waals surface area contributed by atoms with E-state index in [1.54, 1.807) is 0 Å². The van der Waals surface area contributed by atoms with Crippen molar-refractivity contribution in [1.29, 1.82) is 0 Å². The molecule has 0 bridgehead atoms. The quantitative estimate of drug-likeness (QED) is 0.646. The first kappa shape index (κ1) is 14.9. The first-order chi connectivity index (χ1) is 7.17. The third-order valence-electron chi connectivity index (χ3n) is 3.25. The number of hydrogen-bond donors (Lipinski definition) is 2. The Morgan fingerprint density at radius 1 is 1.19 bits per heavy atom. The van der Waals surface area contributed by atoms with Gasteiger partial charge in [-0.1, -0.05) is 6.92 Å². The maximum atomic E-state index is 11.4. The monoisotopic (exact) mass is 232 g/mol. The van der Waals surface area contributed by atoms with E-state index in [1.807, 2.05) is 28.1 Å². The third kappa shape index (κ3) is 3.20. The molecule has 94 valence electrons. The van der Waals surface area contributed by atoms with Crippen LogP contribution in [0.2, 0.25) is 0 Å². The van der Waals surface area contributed by atoms with Crippen LogP contribution >= 0.6 is 0 Å². The summed E-state index contributed by atoms with van der Waals surface area (Å²) in [5.41, 5.74) is -0.893. The lowest BCUT2D eigenvalue weighted by atomic mass is 9.86. The second-order valence-corrected chi connectivity index (χ2v) is 4.95. The normalized spacial score (nSPS) is 15.5. The Bertz CT molecular complexity index is 270. The fourth-order valence-corrected chi connectivity index (χ4v) is 2.06. The molecular formula is C11H22NO4+. The van der Waals surface area contributed by atoms with Gasteiger partial charge >= 0.3 is 11.9 Å². The van der Waals surface area contributed by atoms with E-state index in [1.165, 1.54) is 0 Å². The van der Waals surface area contributed by atoms with Gasteiger partial charge in [-0.2, -0.15) is 0 Å². The minimum absolute atomic E-state index is 0.0228. The summed E-state index contributed by atoms with van der Waals surface area (Å²) in [4.78, 5) is 21.9. The van der Waals surface area contributed by atoms with Crippen LogP contribution < -0.4 is 0 Å². The van der Waals surface area contributed by atoms with Gasteiger partial charge in [0.2, 0.25) is 0 Å². The Balaban J connectivity index is 4.80. The topological polar surface area (TPSA) is 74.6 Å². The van der Waals surface area contributed by atoms with Gasteiger partial charge in [-0.15, -0.1) is 0 Å². The number of hydrogen-bond acceptors (Lipinski definition) is 2. The molecule has 0 aromatic carbocycles. The maximum absolute atomic E-state index is 11.4. The highest BCUT2D eigenvalue weighted by Gasteiger charge is 2.48. The molecule has 0 heterocycles. The standard InChI is InChI=1S/C11H21NO4/c1-5-11(10(15)16,12(2,3)4)8-6-7-9(13)14/h5-8H2,1-4H3,(H-,13,14,15,16)/p+1. The van der Waals surface area contributed by atoms with Crippen LogP contribution in [0.15, 0.2) is 0 Å². The van der Waals surface area contributed by atoms with E-state index in [9.17, 15) is 14.7 Å². The van der Waals surface area contributed by atoms with Crippen molar-refractivity contribution in [2.24, 2.45) is 0 Å². The minimum Gasteiger partial charge on any atom is -0.481 e. The van der Waals surface area contributed by atoms with Crippen molar-refractivity contribution in [2.45, 2.75) is 38.1 Å². The van der Waals surface area contributed by atoms with Crippen LogP contribution in [-0.2, 0) is 9.59 Å². The van der Waals surface area contributed by atoms with Crippen molar-refractivity contribution in [3.63, 3.8) is 0 Å². The molecular weight excluding hydrogens is 210 g/mol. The molecule has 0 aliphatic heterocycles. The number of carboxylic acid groups (broad SMARTS) is 2. The van der Waals surface area contributed by atoms with E-state index in [2.05, 4.69) is 0 Å². The summed E-state index contributed by atoms with van der Waals surface area (Å²) in [5.74, 6) is -1.73. The Morgan fingerprint density at radius 2 is 1.69 bits per heavy atom. The third-order valence-corrected chi connectivity index (χ3v) is 3.25. The van der Waals surface area contributed by atoms with E-state index < -0.39 is 17.5 Å². The number of likely N-dealkylation sites (N-methyl/N-ethyl adjacent to an activating group) is 1. The fourth-order valence-electron chi connectivity index (χ4n) is 2.06. The molecule has 0 radical (unpaired) electrons. The summed E-state index contributed by atoms with van der Waals surface area (Å²) in [7, 11) is 5.50. The van der Waals surface area contributed by atoms with Crippen LogP contribution in [0.5, 0.6) is 0 Å². The predicted molar refractivity (Wildman–Crippen MR) is 60.2 cm³/mol. The smallest absolute Gasteiger partial charge is 0.365 e. The van der Waals surface area contributed by atoms with E-state index in [0.29, 0.717) is 23.7 Å². The number of nitrogens with zero attached hydrogens (tertiary/aromatic N) is 1. The number of carboxylic acids is 2. The van der Waals surface area contributed by atoms with E-state index in [0.717, 1.165) is 0 Å². The van der Waals surface area contributed by atoms with Crippen molar-refractivity contribution < 1.29 is 24.3 Å². The summed E-state index contributed by atoms with van der Waals surface area (Å²) >= 11 is 0. The first-order valence-corrected chi connectivity index (χ1v) is 5.44. The average Bonchev–Trinajstić information content (AvgIpc) is 2.09. The Labute approximate surface area is 96.3 Å². The molecule has 0 aromatic heterocycles. The molecule has 0 spiro atoms. The summed E-state index contributed by atoms with van der Waals surface area (Å²) in [6.45, 7) is 1.83. The fraction of sp³-hybridized carbons (Fsp3) is 0.818. The van der Waals surface area contributed by atoms with Gasteiger partial charge in [0.25, 0.3) is 0 Å². The Kier molecular flexibility index (Phi) is 4.93. The van der Waals surface area contributed by atoms with Gasteiger partial charge in [0.1, 0.15) is 0 Å². The van der Waals surface area contributed by atoms with Crippen molar-refractivity contribution in [3.05, 3.63) is 0 Å². The van der Waals surface area contributed by atoms with Gasteiger partial charge in [-0.3, -0.25) is 4.79 Å². The molecule has 0 fully saturated rings. The van der Waals surface area contributed by atoms with Gasteiger partial charge in [-0.05, 0) is 6.42 Å². The molecule has 5 nitrogen and oxygen atoms in total. The second kappa shape index (κ2) is 5.30. The molecule has 1 atom stereocenters. The van der Waals surface area contributed by atoms with Crippen molar-refractivity contribution in [1.82, 2.24) is 0 Å². The van der Waals surface area contributed by atoms with Crippen LogP contribution in [0.3, 0.4) is 0 Å². The maximum Gasteiger partial charge on any atom is 0.365 e. The zero-order valence-corrected chi connectivity index (χ0v) is 10.5. The minimum atomic E-state index is -0.893. The van der Waals surface area contributed by atoms with Crippen molar-refractivity contribution >= 4 is 11.9 Å². The van der Waals surface area contributed by atoms with Crippen LogP contribution in [0.25, 0.3) is 0 Å². The largest absolute Gasteiger partial charge is 0.481 e. The van der Waals surface area contributed by atoms with E-state index in [4.69, 9.17) is 5.11 Å². The zero-order chi connectivity index (χ0) is 13.0. The molecule has 0 saturated heterocycles. The molecule has 1 unspecified atom stereocenters. The summed E-state index contributed by atoms with van der Waals surface area (Å²) in [6.07, 6.45) is 1.29. The Morgan fingerprint density at radius 3 is 1.94 bits per heavy atom. The molecule has 5 heteroatoms. The molecule has 0 aromatic rings. The lowest BCUT2D eigenvalue weighted by Gasteiger charge is -2.42. The Hall–Kier alpha value is -1.10. The molecule has 2 N–H and O–H groups in total. The second-order valence-electron chi connectivity index (χ2n) is 4.95. The lowest BCUT2D eigenvalue weighted by Crippen LogP contribution is -2.61. The van der Waals surface area contributed by atoms with Crippen molar-refractivity contribution in [3.8, 4) is 0 Å². The summed E-state index contributed by atoms with van der Waals surface area (Å²) in [5, 5.41) is 17.9. The highest BCUT2D eigenvalue weighted by atomic mass is 16.4. The van der Waals surface area contributed by atoms with Gasteiger partial charge < -0.3 is 14.7 Å². The number of aliphatic carboxylic acids is 2. The molecule has 0 rings (SSSR count). The molecule has 16 heavy (non-hydrogen) atoms. The summed E-state index contributed by atoms with van der Waals surface area (Å²) in [6, 6.07) is 0. The van der Waals surface area contributed by atoms with Gasteiger partial charge in [0.15, 0.2) is 5.54 Å². The van der Waals surface area contributed by atoms with Crippen LogP contribution in [0, 0.1) is 0 Å². The zero-order valence-electron chi connectivity index (χ0n) is 10.5. The first-order valence-electron chi connectivity index (χ1n) is 5.44. The van der Waals surface area contributed by atoms with Crippen LogP contribution in [0.4, 0.5) is 0 Å².